The number of hydrogen-bond acceptors (Lipinski definition) is 2. The summed E-state index contributed by atoms with van der Waals surface area (Å²) < 4.78 is 4.62. The number of aromatic nitrogens is 2. The standard InChI is InChI=1S/C18H16N2S2/c1-19-15(13-9-5-3-6-10-13)21-18-17(19)22-16(20(18)2)14-11-7-4-8-12-14/h3-12H,1-2H3/q+2. The molecule has 0 unspecified atom stereocenters. The van der Waals surface area contributed by atoms with E-state index in [0.717, 1.165) is 0 Å². The molecule has 2 heterocycles. The van der Waals surface area contributed by atoms with E-state index in [9.17, 15) is 0 Å². The number of thiazole rings is 2. The SMILES string of the molecule is C[n+]1c(-c2ccccc2)sc2c1sc(-c1ccccc1)[n+]2C. The van der Waals surface area contributed by atoms with Gasteiger partial charge in [0, 0.05) is 22.7 Å². The van der Waals surface area contributed by atoms with Crippen LogP contribution in [-0.2, 0) is 14.1 Å². The van der Waals surface area contributed by atoms with E-state index in [0.29, 0.717) is 0 Å². The highest BCUT2D eigenvalue weighted by Crippen LogP contribution is 2.33. The van der Waals surface area contributed by atoms with Gasteiger partial charge in [-0.3, -0.25) is 0 Å². The number of aryl methyl sites for hydroxylation is 2. The molecule has 4 heteroatoms. The Balaban J connectivity index is 1.92. The van der Waals surface area contributed by atoms with Gasteiger partial charge in [-0.15, -0.1) is 0 Å². The summed E-state index contributed by atoms with van der Waals surface area (Å²) in [6.07, 6.45) is 0. The van der Waals surface area contributed by atoms with E-state index in [4.69, 9.17) is 0 Å². The predicted molar refractivity (Wildman–Crippen MR) is 92.9 cm³/mol. The minimum Gasteiger partial charge on any atom is -0.170 e. The number of rotatable bonds is 2. The fourth-order valence-corrected chi connectivity index (χ4v) is 5.28. The van der Waals surface area contributed by atoms with Crippen LogP contribution in [0, 0.1) is 0 Å². The lowest BCUT2D eigenvalue weighted by Crippen LogP contribution is -2.29. The quantitative estimate of drug-likeness (QED) is 0.493. The summed E-state index contributed by atoms with van der Waals surface area (Å²) in [5.41, 5.74) is 2.55. The lowest BCUT2D eigenvalue weighted by atomic mass is 10.2. The van der Waals surface area contributed by atoms with Crippen LogP contribution in [0.2, 0.25) is 0 Å². The van der Waals surface area contributed by atoms with Gasteiger partial charge in [-0.2, -0.15) is 9.13 Å². The zero-order chi connectivity index (χ0) is 15.1. The topological polar surface area (TPSA) is 7.76 Å². The number of benzene rings is 2. The fraction of sp³-hybridized carbons (Fsp3) is 0.111. The van der Waals surface area contributed by atoms with E-state index >= 15 is 0 Å². The van der Waals surface area contributed by atoms with Crippen LogP contribution < -0.4 is 9.13 Å². The Labute approximate surface area is 137 Å². The van der Waals surface area contributed by atoms with Crippen molar-refractivity contribution in [2.75, 3.05) is 0 Å². The zero-order valence-corrected chi connectivity index (χ0v) is 14.1. The van der Waals surface area contributed by atoms with Gasteiger partial charge in [0.2, 0.25) is 0 Å². The molecule has 0 fully saturated rings. The smallest absolute Gasteiger partial charge is 0.170 e. The van der Waals surface area contributed by atoms with Crippen LogP contribution in [0.15, 0.2) is 60.7 Å². The summed E-state index contributed by atoms with van der Waals surface area (Å²) in [4.78, 5) is 2.65. The van der Waals surface area contributed by atoms with Gasteiger partial charge in [0.05, 0.1) is 11.1 Å². The molecule has 0 radical (unpaired) electrons. The maximum Gasteiger partial charge on any atom is 0.352 e. The summed E-state index contributed by atoms with van der Waals surface area (Å²) in [7, 11) is 4.32. The van der Waals surface area contributed by atoms with Gasteiger partial charge in [0.1, 0.15) is 14.1 Å². The first-order chi connectivity index (χ1) is 10.8. The van der Waals surface area contributed by atoms with E-state index in [-0.39, 0.29) is 0 Å². The second-order valence-corrected chi connectivity index (χ2v) is 7.23. The molecule has 4 aromatic rings. The molecular weight excluding hydrogens is 308 g/mol. The van der Waals surface area contributed by atoms with Crippen molar-refractivity contribution in [3.8, 4) is 21.1 Å². The van der Waals surface area contributed by atoms with Crippen LogP contribution in [0.25, 0.3) is 30.8 Å². The van der Waals surface area contributed by atoms with Crippen molar-refractivity contribution < 1.29 is 9.13 Å². The minimum absolute atomic E-state index is 1.28. The average Bonchev–Trinajstić information content (AvgIpc) is 3.07. The molecular formula is C18H16N2S2+2. The third kappa shape index (κ3) is 2.07. The largest absolute Gasteiger partial charge is 0.352 e. The van der Waals surface area contributed by atoms with E-state index in [2.05, 4.69) is 83.9 Å². The Bertz CT molecular complexity index is 858. The number of fused-ring (bicyclic) bond motifs is 1. The van der Waals surface area contributed by atoms with Crippen molar-refractivity contribution in [2.24, 2.45) is 14.1 Å². The van der Waals surface area contributed by atoms with Gasteiger partial charge in [0.25, 0.3) is 10.0 Å². The van der Waals surface area contributed by atoms with E-state index in [1.54, 1.807) is 0 Å². The van der Waals surface area contributed by atoms with Crippen molar-refractivity contribution >= 4 is 32.3 Å². The molecule has 0 aliphatic heterocycles. The summed E-state index contributed by atoms with van der Waals surface area (Å²) in [5.74, 6) is 0. The summed E-state index contributed by atoms with van der Waals surface area (Å²) in [6, 6.07) is 21.2. The predicted octanol–water partition coefficient (Wildman–Crippen LogP) is 3.95. The molecule has 0 saturated heterocycles. The maximum absolute atomic E-state index is 2.31. The molecule has 0 saturated carbocycles. The van der Waals surface area contributed by atoms with Crippen LogP contribution in [0.1, 0.15) is 0 Å². The summed E-state index contributed by atoms with van der Waals surface area (Å²) in [6.45, 7) is 0. The fourth-order valence-electron chi connectivity index (χ4n) is 2.68. The highest BCUT2D eigenvalue weighted by Gasteiger charge is 2.31. The van der Waals surface area contributed by atoms with Gasteiger partial charge in [-0.05, 0) is 24.3 Å². The maximum atomic E-state index is 2.31. The second kappa shape index (κ2) is 5.30. The van der Waals surface area contributed by atoms with Crippen LogP contribution in [0.3, 0.4) is 0 Å². The van der Waals surface area contributed by atoms with E-state index in [1.165, 1.54) is 30.8 Å². The molecule has 0 spiro atoms. The molecule has 4 rings (SSSR count). The molecule has 0 aliphatic carbocycles. The summed E-state index contributed by atoms with van der Waals surface area (Å²) in [5, 5.41) is 2.61. The third-order valence-corrected chi connectivity index (χ3v) is 6.69. The van der Waals surface area contributed by atoms with Crippen LogP contribution >= 0.6 is 22.7 Å². The Morgan fingerprint density at radius 1 is 0.591 bits per heavy atom. The molecule has 0 bridgehead atoms. The van der Waals surface area contributed by atoms with E-state index in [1.807, 2.05) is 22.7 Å². The lowest BCUT2D eigenvalue weighted by Gasteiger charge is -1.94. The molecule has 0 N–H and O–H groups in total. The van der Waals surface area contributed by atoms with E-state index < -0.39 is 0 Å². The highest BCUT2D eigenvalue weighted by atomic mass is 32.1. The number of hydrogen-bond donors (Lipinski definition) is 0. The average molecular weight is 324 g/mol. The minimum atomic E-state index is 1.28. The Hall–Kier alpha value is -2.04. The van der Waals surface area contributed by atoms with Crippen molar-refractivity contribution in [3.05, 3.63) is 60.7 Å². The Morgan fingerprint density at radius 2 is 0.955 bits per heavy atom. The number of nitrogens with zero attached hydrogens (tertiary/aromatic N) is 2. The monoisotopic (exact) mass is 324 g/mol. The third-order valence-electron chi connectivity index (χ3n) is 3.83. The molecule has 0 atom stereocenters. The molecule has 0 aliphatic rings. The van der Waals surface area contributed by atoms with Gasteiger partial charge >= 0.3 is 9.66 Å². The first-order valence-corrected chi connectivity index (χ1v) is 8.81. The normalized spacial score (nSPS) is 11.2. The molecule has 108 valence electrons. The molecule has 22 heavy (non-hydrogen) atoms. The molecule has 2 aromatic carbocycles. The Kier molecular flexibility index (Phi) is 3.28. The van der Waals surface area contributed by atoms with Gasteiger partial charge in [0.15, 0.2) is 0 Å². The molecule has 2 nitrogen and oxygen atoms in total. The van der Waals surface area contributed by atoms with Crippen LogP contribution in [-0.4, -0.2) is 0 Å². The lowest BCUT2D eigenvalue weighted by molar-refractivity contribution is -0.642. The zero-order valence-electron chi connectivity index (χ0n) is 12.5. The first-order valence-electron chi connectivity index (χ1n) is 7.18. The van der Waals surface area contributed by atoms with Gasteiger partial charge in [-0.25, -0.2) is 0 Å². The Morgan fingerprint density at radius 3 is 1.32 bits per heavy atom. The van der Waals surface area contributed by atoms with Crippen LogP contribution in [0.4, 0.5) is 0 Å². The summed E-state index contributed by atoms with van der Waals surface area (Å²) >= 11 is 3.71. The molecule has 0 amide bonds. The van der Waals surface area contributed by atoms with Crippen molar-refractivity contribution in [1.82, 2.24) is 0 Å². The van der Waals surface area contributed by atoms with Crippen LogP contribution in [0.5, 0.6) is 0 Å². The second-order valence-electron chi connectivity index (χ2n) is 5.27. The first kappa shape index (κ1) is 13.6. The van der Waals surface area contributed by atoms with Crippen molar-refractivity contribution in [2.45, 2.75) is 0 Å². The van der Waals surface area contributed by atoms with Crippen molar-refractivity contribution in [1.29, 1.82) is 0 Å². The van der Waals surface area contributed by atoms with Gasteiger partial charge in [-0.1, -0.05) is 36.4 Å². The highest BCUT2D eigenvalue weighted by molar-refractivity contribution is 7.27. The van der Waals surface area contributed by atoms with Crippen molar-refractivity contribution in [3.63, 3.8) is 0 Å². The molecule has 2 aromatic heterocycles. The van der Waals surface area contributed by atoms with Gasteiger partial charge < -0.3 is 0 Å².